The van der Waals surface area contributed by atoms with Crippen LogP contribution in [-0.2, 0) is 5.54 Å². The molecule has 0 spiro atoms. The maximum Gasteiger partial charge on any atom is 0.328 e. The molecule has 1 aromatic heterocycles. The summed E-state index contributed by atoms with van der Waals surface area (Å²) in [6.45, 7) is 5.56. The van der Waals surface area contributed by atoms with Gasteiger partial charge in [-0.1, -0.05) is 5.92 Å². The molecule has 14 heavy (non-hydrogen) atoms. The predicted molar refractivity (Wildman–Crippen MR) is 54.3 cm³/mol. The van der Waals surface area contributed by atoms with E-state index in [4.69, 9.17) is 6.42 Å². The minimum absolute atomic E-state index is 0.166. The molecule has 0 atom stereocenters. The van der Waals surface area contributed by atoms with Crippen molar-refractivity contribution in [1.29, 1.82) is 0 Å². The van der Waals surface area contributed by atoms with Crippen LogP contribution in [0, 0.1) is 12.3 Å². The maximum absolute atomic E-state index is 11.4. The van der Waals surface area contributed by atoms with Crippen molar-refractivity contribution in [3.8, 4) is 12.3 Å². The lowest BCUT2D eigenvalue weighted by Crippen LogP contribution is -2.39. The number of hydrogen-bond donors (Lipinski definition) is 1. The molecule has 1 N–H and O–H groups in total. The van der Waals surface area contributed by atoms with E-state index in [-0.39, 0.29) is 5.56 Å². The number of aromatic nitrogens is 2. The third-order valence-electron chi connectivity index (χ3n) is 1.82. The van der Waals surface area contributed by atoms with Crippen LogP contribution >= 0.6 is 0 Å². The summed E-state index contributed by atoms with van der Waals surface area (Å²) in [7, 11) is 0. The van der Waals surface area contributed by atoms with Crippen LogP contribution in [-0.4, -0.2) is 9.55 Å². The maximum atomic E-state index is 11.4. The van der Waals surface area contributed by atoms with Crippen molar-refractivity contribution < 1.29 is 0 Å². The van der Waals surface area contributed by atoms with Gasteiger partial charge in [0.2, 0.25) is 0 Å². The topological polar surface area (TPSA) is 54.9 Å². The average molecular weight is 192 g/mol. The van der Waals surface area contributed by atoms with Crippen molar-refractivity contribution in [3.05, 3.63) is 32.6 Å². The Labute approximate surface area is 81.6 Å². The second-order valence-corrected chi connectivity index (χ2v) is 3.99. The van der Waals surface area contributed by atoms with Gasteiger partial charge < -0.3 is 0 Å². The van der Waals surface area contributed by atoms with E-state index in [1.807, 2.05) is 20.8 Å². The van der Waals surface area contributed by atoms with E-state index < -0.39 is 16.8 Å². The van der Waals surface area contributed by atoms with Crippen molar-refractivity contribution in [1.82, 2.24) is 9.55 Å². The molecule has 4 heteroatoms. The Balaban J connectivity index is 3.58. The van der Waals surface area contributed by atoms with Gasteiger partial charge in [-0.3, -0.25) is 14.3 Å². The number of terminal acetylenes is 1. The standard InChI is InChI=1S/C10H12N2O2/c1-5-7-6-12(10(2,3)4)9(14)11-8(7)13/h1,6H,2-4H3,(H,11,13,14). The first-order valence-electron chi connectivity index (χ1n) is 4.19. The molecule has 0 aromatic carbocycles. The molecule has 74 valence electrons. The van der Waals surface area contributed by atoms with Crippen molar-refractivity contribution in [2.75, 3.05) is 0 Å². The molecule has 0 aliphatic carbocycles. The van der Waals surface area contributed by atoms with Gasteiger partial charge >= 0.3 is 5.69 Å². The molecular weight excluding hydrogens is 180 g/mol. The van der Waals surface area contributed by atoms with E-state index >= 15 is 0 Å². The summed E-state index contributed by atoms with van der Waals surface area (Å²) in [5, 5.41) is 0. The molecule has 1 heterocycles. The van der Waals surface area contributed by atoms with Crippen LogP contribution in [0.3, 0.4) is 0 Å². The Hall–Kier alpha value is -1.76. The van der Waals surface area contributed by atoms with E-state index in [1.165, 1.54) is 10.8 Å². The van der Waals surface area contributed by atoms with Gasteiger partial charge in [-0.05, 0) is 20.8 Å². The molecule has 1 rings (SSSR count). The molecule has 0 aliphatic heterocycles. The van der Waals surface area contributed by atoms with E-state index in [2.05, 4.69) is 10.9 Å². The first kappa shape index (κ1) is 10.3. The third kappa shape index (κ3) is 1.77. The van der Waals surface area contributed by atoms with Gasteiger partial charge in [0.1, 0.15) is 5.56 Å². The zero-order valence-electron chi connectivity index (χ0n) is 8.42. The molecule has 0 fully saturated rings. The summed E-state index contributed by atoms with van der Waals surface area (Å²) in [6, 6.07) is 0. The zero-order valence-corrected chi connectivity index (χ0v) is 8.42. The molecule has 4 nitrogen and oxygen atoms in total. The lowest BCUT2D eigenvalue weighted by Gasteiger charge is -2.21. The molecule has 1 aromatic rings. The SMILES string of the molecule is C#Cc1cn(C(C)(C)C)c(=O)[nH]c1=O. The summed E-state index contributed by atoms with van der Waals surface area (Å²) in [5.41, 5.74) is -1.19. The number of nitrogens with one attached hydrogen (secondary N) is 1. The van der Waals surface area contributed by atoms with Crippen LogP contribution < -0.4 is 11.2 Å². The molecule has 0 bridgehead atoms. The summed E-state index contributed by atoms with van der Waals surface area (Å²) >= 11 is 0. The highest BCUT2D eigenvalue weighted by atomic mass is 16.2. The van der Waals surface area contributed by atoms with Crippen molar-refractivity contribution in [2.24, 2.45) is 0 Å². The van der Waals surface area contributed by atoms with Gasteiger partial charge in [0, 0.05) is 11.7 Å². The molecule has 0 aliphatic rings. The Kier molecular flexibility index (Phi) is 2.35. The molecule has 0 unspecified atom stereocenters. The van der Waals surface area contributed by atoms with Gasteiger partial charge in [-0.15, -0.1) is 6.42 Å². The number of aromatic amines is 1. The first-order chi connectivity index (χ1) is 6.36. The Morgan fingerprint density at radius 1 is 1.43 bits per heavy atom. The van der Waals surface area contributed by atoms with Gasteiger partial charge in [0.25, 0.3) is 5.56 Å². The van der Waals surface area contributed by atoms with Crippen molar-refractivity contribution in [3.63, 3.8) is 0 Å². The second-order valence-electron chi connectivity index (χ2n) is 3.99. The molecular formula is C10H12N2O2. The van der Waals surface area contributed by atoms with Crippen LogP contribution in [0.1, 0.15) is 26.3 Å². The van der Waals surface area contributed by atoms with Gasteiger partial charge in [0.15, 0.2) is 0 Å². The van der Waals surface area contributed by atoms with E-state index in [0.29, 0.717) is 0 Å². The molecule has 0 saturated carbocycles. The van der Waals surface area contributed by atoms with E-state index in [9.17, 15) is 9.59 Å². The summed E-state index contributed by atoms with van der Waals surface area (Å²) < 4.78 is 1.41. The molecule has 0 amide bonds. The van der Waals surface area contributed by atoms with Crippen LogP contribution in [0.15, 0.2) is 15.8 Å². The number of nitrogens with zero attached hydrogens (tertiary/aromatic N) is 1. The van der Waals surface area contributed by atoms with Crippen molar-refractivity contribution in [2.45, 2.75) is 26.3 Å². The average Bonchev–Trinajstić information content (AvgIpc) is 2.02. The highest BCUT2D eigenvalue weighted by molar-refractivity contribution is 5.26. The van der Waals surface area contributed by atoms with E-state index in [0.717, 1.165) is 0 Å². The number of hydrogen-bond acceptors (Lipinski definition) is 2. The zero-order chi connectivity index (χ0) is 10.9. The normalized spacial score (nSPS) is 11.0. The van der Waals surface area contributed by atoms with Crippen LogP contribution in [0.2, 0.25) is 0 Å². The quantitative estimate of drug-likeness (QED) is 0.600. The number of rotatable bonds is 0. The first-order valence-corrected chi connectivity index (χ1v) is 4.19. The minimum Gasteiger partial charge on any atom is -0.294 e. The Morgan fingerprint density at radius 2 is 2.00 bits per heavy atom. The second kappa shape index (κ2) is 3.18. The van der Waals surface area contributed by atoms with Gasteiger partial charge in [0.05, 0.1) is 0 Å². The summed E-state index contributed by atoms with van der Waals surface area (Å²) in [4.78, 5) is 24.7. The monoisotopic (exact) mass is 192 g/mol. The molecule has 0 saturated heterocycles. The minimum atomic E-state index is -0.516. The highest BCUT2D eigenvalue weighted by Gasteiger charge is 2.15. The lowest BCUT2D eigenvalue weighted by atomic mass is 10.1. The summed E-state index contributed by atoms with van der Waals surface area (Å²) in [6.07, 6.45) is 6.53. The van der Waals surface area contributed by atoms with Crippen molar-refractivity contribution >= 4 is 0 Å². The van der Waals surface area contributed by atoms with Crippen LogP contribution in [0.5, 0.6) is 0 Å². The Bertz CT molecular complexity index is 495. The fourth-order valence-electron chi connectivity index (χ4n) is 1.07. The van der Waals surface area contributed by atoms with Gasteiger partial charge in [-0.2, -0.15) is 0 Å². The summed E-state index contributed by atoms with van der Waals surface area (Å²) in [5.74, 6) is 2.23. The fourth-order valence-corrected chi connectivity index (χ4v) is 1.07. The van der Waals surface area contributed by atoms with Crippen LogP contribution in [0.4, 0.5) is 0 Å². The predicted octanol–water partition coefficient (Wildman–Crippen LogP) is 0.273. The third-order valence-corrected chi connectivity index (χ3v) is 1.82. The lowest BCUT2D eigenvalue weighted by molar-refractivity contribution is 0.376. The van der Waals surface area contributed by atoms with Crippen LogP contribution in [0.25, 0.3) is 0 Å². The fraction of sp³-hybridized carbons (Fsp3) is 0.400. The van der Waals surface area contributed by atoms with E-state index in [1.54, 1.807) is 0 Å². The Morgan fingerprint density at radius 3 is 2.43 bits per heavy atom. The van der Waals surface area contributed by atoms with Gasteiger partial charge in [-0.25, -0.2) is 4.79 Å². The number of H-pyrrole nitrogens is 1. The largest absolute Gasteiger partial charge is 0.328 e. The smallest absolute Gasteiger partial charge is 0.294 e. The molecule has 0 radical (unpaired) electrons. The highest BCUT2D eigenvalue weighted by Crippen LogP contribution is 2.09.